The van der Waals surface area contributed by atoms with E-state index in [4.69, 9.17) is 4.74 Å². The van der Waals surface area contributed by atoms with E-state index in [1.165, 1.54) is 41.2 Å². The number of anilines is 1. The molecule has 2 rings (SSSR count). The van der Waals surface area contributed by atoms with Gasteiger partial charge in [0.2, 0.25) is 0 Å². The van der Waals surface area contributed by atoms with Crippen molar-refractivity contribution in [2.75, 3.05) is 24.6 Å². The fraction of sp³-hybridized carbons (Fsp3) is 0.458. The molecule has 0 radical (unpaired) electrons. The molecule has 3 nitrogen and oxygen atoms in total. The van der Waals surface area contributed by atoms with Crippen molar-refractivity contribution in [1.29, 1.82) is 0 Å². The minimum absolute atomic E-state index is 0.171. The molecule has 0 saturated heterocycles. The van der Waals surface area contributed by atoms with Crippen LogP contribution in [0.5, 0.6) is 0 Å². The molecule has 0 aliphatic heterocycles. The molecule has 0 amide bonds. The number of esters is 1. The van der Waals surface area contributed by atoms with Crippen LogP contribution in [-0.2, 0) is 16.0 Å². The number of rotatable bonds is 12. The SMILES string of the molecule is CCCCN(CCCC)c1cccc(Sc2ccc(CC(=O)OCC)cc2)c1. The minimum atomic E-state index is -0.171. The first-order chi connectivity index (χ1) is 13.7. The molecular weight excluding hydrogens is 366 g/mol. The Morgan fingerprint density at radius 3 is 2.21 bits per heavy atom. The second-order valence-electron chi connectivity index (χ2n) is 6.92. The highest BCUT2D eigenvalue weighted by molar-refractivity contribution is 7.99. The van der Waals surface area contributed by atoms with Gasteiger partial charge in [0.05, 0.1) is 13.0 Å². The van der Waals surface area contributed by atoms with E-state index in [0.717, 1.165) is 18.7 Å². The molecule has 2 aromatic rings. The third-order valence-electron chi connectivity index (χ3n) is 4.56. The van der Waals surface area contributed by atoms with Crippen molar-refractivity contribution in [3.8, 4) is 0 Å². The predicted octanol–water partition coefficient (Wildman–Crippen LogP) is 6.35. The van der Waals surface area contributed by atoms with Crippen LogP contribution in [0.3, 0.4) is 0 Å². The largest absolute Gasteiger partial charge is 0.466 e. The average molecular weight is 400 g/mol. The van der Waals surface area contributed by atoms with Gasteiger partial charge >= 0.3 is 5.97 Å². The Kier molecular flexibility index (Phi) is 9.98. The van der Waals surface area contributed by atoms with Gasteiger partial charge in [0, 0.05) is 28.6 Å². The number of unbranched alkanes of at least 4 members (excludes halogenated alkanes) is 2. The highest BCUT2D eigenvalue weighted by Crippen LogP contribution is 2.31. The Bertz CT molecular complexity index is 707. The molecule has 0 heterocycles. The smallest absolute Gasteiger partial charge is 0.310 e. The molecule has 0 unspecified atom stereocenters. The van der Waals surface area contributed by atoms with Crippen LogP contribution in [-0.4, -0.2) is 25.7 Å². The molecular formula is C24H33NO2S. The van der Waals surface area contributed by atoms with Gasteiger partial charge in [0.25, 0.3) is 0 Å². The van der Waals surface area contributed by atoms with E-state index < -0.39 is 0 Å². The molecule has 4 heteroatoms. The number of hydrogen-bond acceptors (Lipinski definition) is 4. The van der Waals surface area contributed by atoms with Gasteiger partial charge in [-0.15, -0.1) is 0 Å². The van der Waals surface area contributed by atoms with Crippen LogP contribution in [0.15, 0.2) is 58.3 Å². The monoisotopic (exact) mass is 399 g/mol. The predicted molar refractivity (Wildman–Crippen MR) is 119 cm³/mol. The van der Waals surface area contributed by atoms with Crippen LogP contribution in [0.1, 0.15) is 52.0 Å². The first-order valence-corrected chi connectivity index (χ1v) is 11.2. The van der Waals surface area contributed by atoms with E-state index in [1.54, 1.807) is 11.8 Å². The van der Waals surface area contributed by atoms with Crippen molar-refractivity contribution in [1.82, 2.24) is 0 Å². The molecule has 0 spiro atoms. The fourth-order valence-electron chi connectivity index (χ4n) is 3.00. The van der Waals surface area contributed by atoms with Gasteiger partial charge in [0.15, 0.2) is 0 Å². The van der Waals surface area contributed by atoms with E-state index >= 15 is 0 Å². The second kappa shape index (κ2) is 12.5. The number of carbonyl (C=O) groups is 1. The zero-order valence-corrected chi connectivity index (χ0v) is 18.3. The summed E-state index contributed by atoms with van der Waals surface area (Å²) in [5.41, 5.74) is 2.30. The Balaban J connectivity index is 2.03. The van der Waals surface area contributed by atoms with Crippen molar-refractivity contribution in [3.63, 3.8) is 0 Å². The average Bonchev–Trinajstić information content (AvgIpc) is 2.70. The van der Waals surface area contributed by atoms with E-state index in [9.17, 15) is 4.79 Å². The molecule has 0 fully saturated rings. The zero-order chi connectivity index (χ0) is 20.2. The lowest BCUT2D eigenvalue weighted by Gasteiger charge is -2.25. The highest BCUT2D eigenvalue weighted by Gasteiger charge is 2.08. The summed E-state index contributed by atoms with van der Waals surface area (Å²) in [5, 5.41) is 0. The van der Waals surface area contributed by atoms with Crippen LogP contribution in [0.2, 0.25) is 0 Å². The first kappa shape index (κ1) is 22.4. The highest BCUT2D eigenvalue weighted by atomic mass is 32.2. The molecule has 2 aromatic carbocycles. The van der Waals surface area contributed by atoms with Crippen LogP contribution < -0.4 is 4.90 Å². The fourth-order valence-corrected chi connectivity index (χ4v) is 3.87. The van der Waals surface area contributed by atoms with Gasteiger partial charge in [0.1, 0.15) is 0 Å². The molecule has 0 aromatic heterocycles. The van der Waals surface area contributed by atoms with Crippen LogP contribution in [0.4, 0.5) is 5.69 Å². The molecule has 0 N–H and O–H groups in total. The van der Waals surface area contributed by atoms with Gasteiger partial charge in [-0.25, -0.2) is 0 Å². The second-order valence-corrected chi connectivity index (χ2v) is 8.07. The summed E-state index contributed by atoms with van der Waals surface area (Å²) >= 11 is 1.76. The Labute approximate surface area is 174 Å². The molecule has 0 aliphatic rings. The lowest BCUT2D eigenvalue weighted by molar-refractivity contribution is -0.142. The minimum Gasteiger partial charge on any atom is -0.466 e. The Morgan fingerprint density at radius 2 is 1.61 bits per heavy atom. The lowest BCUT2D eigenvalue weighted by atomic mass is 10.1. The Hall–Kier alpha value is -1.94. The van der Waals surface area contributed by atoms with Gasteiger partial charge in [-0.05, 0) is 55.7 Å². The number of nitrogens with zero attached hydrogens (tertiary/aromatic N) is 1. The third-order valence-corrected chi connectivity index (χ3v) is 5.56. The summed E-state index contributed by atoms with van der Waals surface area (Å²) in [4.78, 5) is 16.5. The summed E-state index contributed by atoms with van der Waals surface area (Å²) in [6.07, 6.45) is 5.22. The molecule has 152 valence electrons. The standard InChI is InChI=1S/C24H33NO2S/c1-4-7-16-25(17-8-5-2)21-10-9-11-23(19-21)28-22-14-12-20(13-15-22)18-24(26)27-6-3/h9-15,19H,4-8,16-18H2,1-3H3. The van der Waals surface area contributed by atoms with E-state index in [1.807, 2.05) is 19.1 Å². The topological polar surface area (TPSA) is 29.5 Å². The summed E-state index contributed by atoms with van der Waals surface area (Å²) in [6.45, 7) is 8.99. The van der Waals surface area contributed by atoms with E-state index in [0.29, 0.717) is 13.0 Å². The number of carbonyl (C=O) groups excluding carboxylic acids is 1. The van der Waals surface area contributed by atoms with Crippen LogP contribution in [0.25, 0.3) is 0 Å². The molecule has 0 bridgehead atoms. The van der Waals surface area contributed by atoms with Gasteiger partial charge in [-0.1, -0.05) is 56.7 Å². The Morgan fingerprint density at radius 1 is 0.929 bits per heavy atom. The molecule has 0 saturated carbocycles. The molecule has 0 aliphatic carbocycles. The zero-order valence-electron chi connectivity index (χ0n) is 17.4. The maximum atomic E-state index is 11.6. The quantitative estimate of drug-likeness (QED) is 0.389. The summed E-state index contributed by atoms with van der Waals surface area (Å²) in [5.74, 6) is -0.171. The third kappa shape index (κ3) is 7.59. The van der Waals surface area contributed by atoms with Crippen molar-refractivity contribution >= 4 is 23.4 Å². The van der Waals surface area contributed by atoms with E-state index in [-0.39, 0.29) is 5.97 Å². The van der Waals surface area contributed by atoms with Gasteiger partial charge in [-0.3, -0.25) is 4.79 Å². The van der Waals surface area contributed by atoms with Crippen molar-refractivity contribution in [2.45, 2.75) is 62.7 Å². The van der Waals surface area contributed by atoms with Crippen LogP contribution in [0, 0.1) is 0 Å². The first-order valence-electron chi connectivity index (χ1n) is 10.4. The van der Waals surface area contributed by atoms with Crippen molar-refractivity contribution in [2.24, 2.45) is 0 Å². The van der Waals surface area contributed by atoms with Crippen LogP contribution >= 0.6 is 11.8 Å². The summed E-state index contributed by atoms with van der Waals surface area (Å²) in [7, 11) is 0. The van der Waals surface area contributed by atoms with Crippen molar-refractivity contribution < 1.29 is 9.53 Å². The van der Waals surface area contributed by atoms with Gasteiger partial charge < -0.3 is 9.64 Å². The molecule has 28 heavy (non-hydrogen) atoms. The summed E-state index contributed by atoms with van der Waals surface area (Å²) in [6, 6.07) is 17.0. The normalized spacial score (nSPS) is 10.7. The molecule has 0 atom stereocenters. The van der Waals surface area contributed by atoms with Crippen molar-refractivity contribution in [3.05, 3.63) is 54.1 Å². The summed E-state index contributed by atoms with van der Waals surface area (Å²) < 4.78 is 5.01. The number of hydrogen-bond donors (Lipinski definition) is 0. The number of benzene rings is 2. The van der Waals surface area contributed by atoms with Gasteiger partial charge in [-0.2, -0.15) is 0 Å². The maximum Gasteiger partial charge on any atom is 0.310 e. The number of ether oxygens (including phenoxy) is 1. The maximum absolute atomic E-state index is 11.6. The lowest BCUT2D eigenvalue weighted by Crippen LogP contribution is -2.25. The van der Waals surface area contributed by atoms with E-state index in [2.05, 4.69) is 55.1 Å².